The molecular weight excluding hydrogens is 170 g/mol. The molecule has 0 atom stereocenters. The number of rotatable bonds is 5. The molecule has 0 spiro atoms. The number of aliphatic hydroxyl groups excluding tert-OH is 2. The van der Waals surface area contributed by atoms with Crippen molar-refractivity contribution >= 4 is 0 Å². The molecule has 2 N–H and O–H groups in total. The molecule has 0 bridgehead atoms. The fourth-order valence-corrected chi connectivity index (χ4v) is 1.11. The number of hydrogen-bond donors (Lipinski definition) is 2. The summed E-state index contributed by atoms with van der Waals surface area (Å²) in [5.74, 6) is 1.38. The first kappa shape index (κ1) is 10.2. The van der Waals surface area contributed by atoms with Crippen LogP contribution in [0.3, 0.4) is 0 Å². The Kier molecular flexibility index (Phi) is 3.95. The summed E-state index contributed by atoms with van der Waals surface area (Å²) in [6.07, 6.45) is 0. The minimum absolute atomic E-state index is 0.0658. The highest BCUT2D eigenvalue weighted by Gasteiger charge is 2.03. The summed E-state index contributed by atoms with van der Waals surface area (Å²) in [6.45, 7) is 1.35. The summed E-state index contributed by atoms with van der Waals surface area (Å²) in [4.78, 5) is 1.94. The molecule has 1 aromatic rings. The zero-order valence-electron chi connectivity index (χ0n) is 7.73. The van der Waals surface area contributed by atoms with E-state index in [2.05, 4.69) is 0 Å². The molecule has 0 saturated carbocycles. The van der Waals surface area contributed by atoms with Gasteiger partial charge < -0.3 is 14.6 Å². The van der Waals surface area contributed by atoms with Crippen molar-refractivity contribution in [3.05, 3.63) is 23.7 Å². The van der Waals surface area contributed by atoms with Crippen molar-refractivity contribution in [2.75, 3.05) is 20.2 Å². The van der Waals surface area contributed by atoms with Crippen LogP contribution in [-0.4, -0.2) is 35.3 Å². The Labute approximate surface area is 77.4 Å². The van der Waals surface area contributed by atoms with E-state index in [0.717, 1.165) is 5.76 Å². The van der Waals surface area contributed by atoms with Crippen LogP contribution in [0.4, 0.5) is 0 Å². The number of hydrogen-bond acceptors (Lipinski definition) is 4. The van der Waals surface area contributed by atoms with E-state index < -0.39 is 0 Å². The molecule has 4 nitrogen and oxygen atoms in total. The van der Waals surface area contributed by atoms with Crippen molar-refractivity contribution in [1.29, 1.82) is 0 Å². The third-order valence-electron chi connectivity index (χ3n) is 1.78. The Bertz CT molecular complexity index is 247. The lowest BCUT2D eigenvalue weighted by molar-refractivity contribution is 0.201. The molecule has 0 amide bonds. The fourth-order valence-electron chi connectivity index (χ4n) is 1.11. The van der Waals surface area contributed by atoms with Gasteiger partial charge in [-0.1, -0.05) is 0 Å². The van der Waals surface area contributed by atoms with Crippen molar-refractivity contribution in [1.82, 2.24) is 4.90 Å². The van der Waals surface area contributed by atoms with Gasteiger partial charge in [-0.25, -0.2) is 0 Å². The van der Waals surface area contributed by atoms with Crippen molar-refractivity contribution in [2.45, 2.75) is 13.2 Å². The van der Waals surface area contributed by atoms with Crippen molar-refractivity contribution in [3.8, 4) is 0 Å². The fraction of sp³-hybridized carbons (Fsp3) is 0.556. The van der Waals surface area contributed by atoms with Gasteiger partial charge in [0.25, 0.3) is 0 Å². The number of likely N-dealkylation sites (N-methyl/N-ethyl adjacent to an activating group) is 1. The van der Waals surface area contributed by atoms with Crippen LogP contribution in [0.15, 0.2) is 16.5 Å². The minimum atomic E-state index is -0.0658. The van der Waals surface area contributed by atoms with Gasteiger partial charge in [0.1, 0.15) is 18.1 Å². The topological polar surface area (TPSA) is 56.8 Å². The summed E-state index contributed by atoms with van der Waals surface area (Å²) in [5, 5.41) is 17.4. The highest BCUT2D eigenvalue weighted by molar-refractivity contribution is 5.06. The largest absolute Gasteiger partial charge is 0.462 e. The van der Waals surface area contributed by atoms with E-state index in [4.69, 9.17) is 14.6 Å². The summed E-state index contributed by atoms with van der Waals surface area (Å²) >= 11 is 0. The van der Waals surface area contributed by atoms with Gasteiger partial charge >= 0.3 is 0 Å². The second-order valence-corrected chi connectivity index (χ2v) is 2.99. The first-order valence-corrected chi connectivity index (χ1v) is 4.24. The van der Waals surface area contributed by atoms with Gasteiger partial charge in [0.05, 0.1) is 13.2 Å². The highest BCUT2D eigenvalue weighted by atomic mass is 16.4. The van der Waals surface area contributed by atoms with Gasteiger partial charge in [-0.05, 0) is 19.2 Å². The van der Waals surface area contributed by atoms with Crippen molar-refractivity contribution in [3.63, 3.8) is 0 Å². The summed E-state index contributed by atoms with van der Waals surface area (Å²) in [6, 6.07) is 3.58. The monoisotopic (exact) mass is 185 g/mol. The zero-order chi connectivity index (χ0) is 9.68. The summed E-state index contributed by atoms with van der Waals surface area (Å²) < 4.78 is 5.28. The Morgan fingerprint density at radius 1 is 1.31 bits per heavy atom. The normalized spacial score (nSPS) is 11.1. The Balaban J connectivity index is 2.44. The molecule has 0 radical (unpaired) electrons. The van der Waals surface area contributed by atoms with Crippen LogP contribution in [0, 0.1) is 0 Å². The standard InChI is InChI=1S/C9H15NO3/c1-10(4-5-11)6-8-2-3-9(7-12)13-8/h2-3,11-12H,4-7H2,1H3. The molecule has 0 unspecified atom stereocenters. The van der Waals surface area contributed by atoms with Gasteiger partial charge in [0.15, 0.2) is 0 Å². The predicted octanol–water partition coefficient (Wildman–Crippen LogP) is 0.196. The summed E-state index contributed by atoms with van der Waals surface area (Å²) in [5.41, 5.74) is 0. The molecule has 0 fully saturated rings. The molecule has 13 heavy (non-hydrogen) atoms. The maximum absolute atomic E-state index is 8.74. The third kappa shape index (κ3) is 3.18. The number of nitrogens with zero attached hydrogens (tertiary/aromatic N) is 1. The van der Waals surface area contributed by atoms with Crippen molar-refractivity contribution in [2.24, 2.45) is 0 Å². The maximum Gasteiger partial charge on any atom is 0.129 e. The predicted molar refractivity (Wildman–Crippen MR) is 48.1 cm³/mol. The van der Waals surface area contributed by atoms with Crippen LogP contribution in [-0.2, 0) is 13.2 Å². The van der Waals surface area contributed by atoms with E-state index in [1.54, 1.807) is 6.07 Å². The zero-order valence-corrected chi connectivity index (χ0v) is 7.73. The SMILES string of the molecule is CN(CCO)Cc1ccc(CO)o1. The Morgan fingerprint density at radius 2 is 2.00 bits per heavy atom. The molecule has 0 aliphatic heterocycles. The van der Waals surface area contributed by atoms with Crippen LogP contribution in [0.2, 0.25) is 0 Å². The third-order valence-corrected chi connectivity index (χ3v) is 1.78. The van der Waals surface area contributed by atoms with Crippen LogP contribution in [0.25, 0.3) is 0 Å². The molecule has 1 aromatic heterocycles. The molecule has 0 aromatic carbocycles. The van der Waals surface area contributed by atoms with Crippen LogP contribution in [0.1, 0.15) is 11.5 Å². The van der Waals surface area contributed by atoms with E-state index in [9.17, 15) is 0 Å². The number of aliphatic hydroxyl groups is 2. The van der Waals surface area contributed by atoms with Crippen LogP contribution in [0.5, 0.6) is 0 Å². The molecule has 0 saturated heterocycles. The van der Waals surface area contributed by atoms with Crippen LogP contribution < -0.4 is 0 Å². The van der Waals surface area contributed by atoms with E-state index in [0.29, 0.717) is 18.8 Å². The van der Waals surface area contributed by atoms with Gasteiger partial charge in [-0.3, -0.25) is 4.90 Å². The van der Waals surface area contributed by atoms with Gasteiger partial charge in [-0.15, -0.1) is 0 Å². The van der Waals surface area contributed by atoms with E-state index >= 15 is 0 Å². The first-order chi connectivity index (χ1) is 6.26. The molecule has 4 heteroatoms. The molecule has 74 valence electrons. The highest BCUT2D eigenvalue weighted by Crippen LogP contribution is 2.09. The quantitative estimate of drug-likeness (QED) is 0.688. The second kappa shape index (κ2) is 5.01. The molecule has 0 aliphatic carbocycles. The van der Waals surface area contributed by atoms with Gasteiger partial charge in [0, 0.05) is 6.54 Å². The second-order valence-electron chi connectivity index (χ2n) is 2.99. The lowest BCUT2D eigenvalue weighted by Gasteiger charge is -2.12. The summed E-state index contributed by atoms with van der Waals surface area (Å²) in [7, 11) is 1.90. The Hall–Kier alpha value is -0.840. The molecule has 1 heterocycles. The first-order valence-electron chi connectivity index (χ1n) is 4.24. The molecule has 1 rings (SSSR count). The van der Waals surface area contributed by atoms with Crippen LogP contribution >= 0.6 is 0 Å². The minimum Gasteiger partial charge on any atom is -0.462 e. The van der Waals surface area contributed by atoms with E-state index in [1.807, 2.05) is 18.0 Å². The van der Waals surface area contributed by atoms with Gasteiger partial charge in [-0.2, -0.15) is 0 Å². The molecular formula is C9H15NO3. The molecule has 0 aliphatic rings. The number of furan rings is 1. The van der Waals surface area contributed by atoms with E-state index in [1.165, 1.54) is 0 Å². The maximum atomic E-state index is 8.74. The average molecular weight is 185 g/mol. The lowest BCUT2D eigenvalue weighted by atomic mass is 10.4. The van der Waals surface area contributed by atoms with Crippen molar-refractivity contribution < 1.29 is 14.6 Å². The van der Waals surface area contributed by atoms with Gasteiger partial charge in [0.2, 0.25) is 0 Å². The van der Waals surface area contributed by atoms with E-state index in [-0.39, 0.29) is 13.2 Å². The average Bonchev–Trinajstić information content (AvgIpc) is 2.52. The lowest BCUT2D eigenvalue weighted by Crippen LogP contribution is -2.21. The smallest absolute Gasteiger partial charge is 0.129 e. The Morgan fingerprint density at radius 3 is 2.54 bits per heavy atom.